The van der Waals surface area contributed by atoms with E-state index in [0.717, 1.165) is 11.4 Å². The highest BCUT2D eigenvalue weighted by molar-refractivity contribution is 7.14. The van der Waals surface area contributed by atoms with Crippen molar-refractivity contribution < 1.29 is 4.79 Å². The Morgan fingerprint density at radius 2 is 1.95 bits per heavy atom. The number of halogens is 2. The van der Waals surface area contributed by atoms with Crippen molar-refractivity contribution in [3.05, 3.63) is 41.4 Å². The third-order valence-corrected chi connectivity index (χ3v) is 5.79. The highest BCUT2D eigenvalue weighted by Gasteiger charge is 2.69. The number of carbonyl (C=O) groups is 1. The van der Waals surface area contributed by atoms with E-state index in [1.807, 2.05) is 42.6 Å². The maximum absolute atomic E-state index is 13.0. The average molecular weight is 341 g/mol. The first-order valence-corrected chi connectivity index (χ1v) is 8.18. The molecule has 110 valence electrons. The average Bonchev–Trinajstić information content (AvgIpc) is 2.77. The number of benzene rings is 1. The van der Waals surface area contributed by atoms with Crippen molar-refractivity contribution in [3.8, 4) is 0 Å². The monoisotopic (exact) mass is 340 g/mol. The number of carbonyl (C=O) groups excluding carboxylic acids is 1. The van der Waals surface area contributed by atoms with Crippen LogP contribution < -0.4 is 4.90 Å². The van der Waals surface area contributed by atoms with Gasteiger partial charge in [0.15, 0.2) is 5.13 Å². The lowest BCUT2D eigenvalue weighted by Gasteiger charge is -2.24. The Morgan fingerprint density at radius 1 is 1.33 bits per heavy atom. The molecule has 1 fully saturated rings. The van der Waals surface area contributed by atoms with Crippen molar-refractivity contribution in [3.63, 3.8) is 0 Å². The lowest BCUT2D eigenvalue weighted by atomic mass is 10.1. The highest BCUT2D eigenvalue weighted by atomic mass is 35.5. The van der Waals surface area contributed by atoms with Crippen LogP contribution in [0.3, 0.4) is 0 Å². The second-order valence-electron chi connectivity index (χ2n) is 5.46. The molecule has 0 bridgehead atoms. The molecule has 2 aromatic rings. The van der Waals surface area contributed by atoms with Crippen molar-refractivity contribution in [2.45, 2.75) is 24.6 Å². The van der Waals surface area contributed by atoms with Crippen molar-refractivity contribution in [1.82, 2.24) is 4.98 Å². The van der Waals surface area contributed by atoms with Crippen molar-refractivity contribution >= 4 is 51.3 Å². The summed E-state index contributed by atoms with van der Waals surface area (Å²) in [5.41, 5.74) is 0.882. The third kappa shape index (κ3) is 2.45. The summed E-state index contributed by atoms with van der Waals surface area (Å²) >= 11 is 13.8. The van der Waals surface area contributed by atoms with Crippen LogP contribution in [-0.4, -0.2) is 15.2 Å². The van der Waals surface area contributed by atoms with Crippen LogP contribution in [0.25, 0.3) is 0 Å². The van der Waals surface area contributed by atoms with E-state index in [2.05, 4.69) is 4.98 Å². The third-order valence-electron chi connectivity index (χ3n) is 3.75. The predicted molar refractivity (Wildman–Crippen MR) is 87.6 cm³/mol. The molecule has 1 unspecified atom stereocenters. The SMILES string of the molecule is Cc1csc(N(C(=O)C2(C)CC2(Cl)Cl)c2ccccc2)n1. The van der Waals surface area contributed by atoms with E-state index in [9.17, 15) is 4.79 Å². The van der Waals surface area contributed by atoms with Gasteiger partial charge in [0.2, 0.25) is 5.91 Å². The number of aromatic nitrogens is 1. The van der Waals surface area contributed by atoms with Crippen LogP contribution in [0.5, 0.6) is 0 Å². The van der Waals surface area contributed by atoms with Crippen LogP contribution in [0.15, 0.2) is 35.7 Å². The molecule has 1 atom stereocenters. The van der Waals surface area contributed by atoms with Gasteiger partial charge in [-0.25, -0.2) is 4.98 Å². The summed E-state index contributed by atoms with van der Waals surface area (Å²) in [6.07, 6.45) is 0.454. The minimum absolute atomic E-state index is 0.118. The molecule has 1 aliphatic rings. The van der Waals surface area contributed by atoms with Gasteiger partial charge in [-0.15, -0.1) is 34.5 Å². The Labute approximate surface area is 137 Å². The molecule has 21 heavy (non-hydrogen) atoms. The normalized spacial score (nSPS) is 22.9. The number of nitrogens with zero attached hydrogens (tertiary/aromatic N) is 2. The molecule has 1 amide bonds. The van der Waals surface area contributed by atoms with Gasteiger partial charge in [-0.2, -0.15) is 0 Å². The van der Waals surface area contributed by atoms with E-state index in [1.54, 1.807) is 11.8 Å². The van der Waals surface area contributed by atoms with Crippen molar-refractivity contribution in [1.29, 1.82) is 0 Å². The summed E-state index contributed by atoms with van der Waals surface area (Å²) in [6.45, 7) is 3.70. The van der Waals surface area contributed by atoms with Crippen LogP contribution >= 0.6 is 34.5 Å². The first-order valence-electron chi connectivity index (χ1n) is 6.55. The van der Waals surface area contributed by atoms with E-state index in [0.29, 0.717) is 11.6 Å². The lowest BCUT2D eigenvalue weighted by Crippen LogP contribution is -2.34. The minimum atomic E-state index is -0.997. The fourth-order valence-electron chi connectivity index (χ4n) is 2.21. The van der Waals surface area contributed by atoms with E-state index in [4.69, 9.17) is 23.2 Å². The van der Waals surface area contributed by atoms with Crippen molar-refractivity contribution in [2.75, 3.05) is 4.90 Å². The van der Waals surface area contributed by atoms with E-state index >= 15 is 0 Å². The van der Waals surface area contributed by atoms with Gasteiger partial charge in [-0.05, 0) is 32.4 Å². The van der Waals surface area contributed by atoms with Gasteiger partial charge in [-0.1, -0.05) is 18.2 Å². The maximum atomic E-state index is 13.0. The largest absolute Gasteiger partial charge is 0.273 e. The fourth-order valence-corrected chi connectivity index (χ4v) is 3.73. The summed E-state index contributed by atoms with van der Waals surface area (Å²) in [4.78, 5) is 19.0. The van der Waals surface area contributed by atoms with Gasteiger partial charge in [0.25, 0.3) is 0 Å². The Kier molecular flexibility index (Phi) is 3.51. The van der Waals surface area contributed by atoms with Gasteiger partial charge < -0.3 is 0 Å². The molecule has 1 heterocycles. The van der Waals surface area contributed by atoms with Gasteiger partial charge in [0, 0.05) is 5.38 Å². The Hall–Kier alpha value is -1.10. The molecular weight excluding hydrogens is 327 g/mol. The van der Waals surface area contributed by atoms with Gasteiger partial charge >= 0.3 is 0 Å². The topological polar surface area (TPSA) is 33.2 Å². The number of anilines is 2. The molecule has 0 saturated heterocycles. The molecule has 3 rings (SSSR count). The van der Waals surface area contributed by atoms with Crippen molar-refractivity contribution in [2.24, 2.45) is 5.41 Å². The van der Waals surface area contributed by atoms with E-state index in [1.165, 1.54) is 11.3 Å². The summed E-state index contributed by atoms with van der Waals surface area (Å²) in [6, 6.07) is 9.44. The first kappa shape index (κ1) is 14.8. The number of hydrogen-bond donors (Lipinski definition) is 0. The zero-order chi connectivity index (χ0) is 15.3. The van der Waals surface area contributed by atoms with Crippen LogP contribution in [0.2, 0.25) is 0 Å². The number of amides is 1. The van der Waals surface area contributed by atoms with E-state index < -0.39 is 9.75 Å². The fraction of sp³-hybridized carbons (Fsp3) is 0.333. The number of para-hydroxylation sites is 1. The Morgan fingerprint density at radius 3 is 2.43 bits per heavy atom. The predicted octanol–water partition coefficient (Wildman–Crippen LogP) is 4.70. The summed E-state index contributed by atoms with van der Waals surface area (Å²) < 4.78 is -0.997. The molecule has 1 aromatic heterocycles. The molecule has 3 nitrogen and oxygen atoms in total. The zero-order valence-electron chi connectivity index (χ0n) is 11.6. The minimum Gasteiger partial charge on any atom is -0.273 e. The Balaban J connectivity index is 2.04. The number of aryl methyl sites for hydroxylation is 1. The second kappa shape index (κ2) is 4.97. The van der Waals surface area contributed by atoms with Crippen LogP contribution in [0.1, 0.15) is 19.0 Å². The summed E-state index contributed by atoms with van der Waals surface area (Å²) in [5.74, 6) is -0.118. The molecule has 1 aliphatic carbocycles. The number of rotatable bonds is 3. The molecular formula is C15H14Cl2N2OS. The molecule has 0 N–H and O–H groups in total. The number of alkyl halides is 2. The molecule has 0 aliphatic heterocycles. The highest BCUT2D eigenvalue weighted by Crippen LogP contribution is 2.65. The molecule has 1 saturated carbocycles. The number of thiazole rings is 1. The van der Waals surface area contributed by atoms with Gasteiger partial charge in [0.05, 0.1) is 16.8 Å². The standard InChI is InChI=1S/C15H14Cl2N2OS/c1-10-8-21-13(18-10)19(11-6-4-3-5-7-11)12(20)14(2)9-15(14,16)17/h3-8H,9H2,1-2H3. The quantitative estimate of drug-likeness (QED) is 0.758. The number of hydrogen-bond acceptors (Lipinski definition) is 3. The molecule has 0 radical (unpaired) electrons. The van der Waals surface area contributed by atoms with Gasteiger partial charge in [-0.3, -0.25) is 9.69 Å². The second-order valence-corrected chi connectivity index (χ2v) is 7.78. The molecule has 0 spiro atoms. The smallest absolute Gasteiger partial charge is 0.242 e. The first-order chi connectivity index (χ1) is 9.85. The summed E-state index contributed by atoms with van der Waals surface area (Å²) in [5, 5.41) is 2.56. The van der Waals surface area contributed by atoms with Gasteiger partial charge in [0.1, 0.15) is 4.33 Å². The lowest BCUT2D eigenvalue weighted by molar-refractivity contribution is -0.122. The zero-order valence-corrected chi connectivity index (χ0v) is 14.0. The molecule has 6 heteroatoms. The van der Waals surface area contributed by atoms with Crippen LogP contribution in [0.4, 0.5) is 10.8 Å². The summed E-state index contributed by atoms with van der Waals surface area (Å²) in [7, 11) is 0. The maximum Gasteiger partial charge on any atom is 0.242 e. The van der Waals surface area contributed by atoms with Crippen LogP contribution in [0, 0.1) is 12.3 Å². The Bertz CT molecular complexity index is 686. The van der Waals surface area contributed by atoms with Crippen LogP contribution in [-0.2, 0) is 4.79 Å². The molecule has 1 aromatic carbocycles. The van der Waals surface area contributed by atoms with E-state index in [-0.39, 0.29) is 5.91 Å².